The monoisotopic (exact) mass is 286 g/mol. The smallest absolute Gasteiger partial charge is 0.320 e. The molecule has 1 aliphatic rings. The number of nitrogen functional groups attached to an aromatic ring is 1. The standard InChI is InChI=1S/C12H10N6O3/c13-10-7(4-14-16-10)11-17-18-12(21-11)15-6-1-2-8-9(3-6)20-5-19-8/h1-4H,5H2,(H,15,18)(H3,13,14,16). The molecule has 0 atom stereocenters. The molecule has 0 bridgehead atoms. The molecular formula is C12H10N6O3. The van der Waals surface area contributed by atoms with E-state index in [2.05, 4.69) is 25.7 Å². The average molecular weight is 286 g/mol. The fraction of sp³-hybridized carbons (Fsp3) is 0.0833. The van der Waals surface area contributed by atoms with Crippen molar-refractivity contribution in [1.82, 2.24) is 20.4 Å². The van der Waals surface area contributed by atoms with Crippen molar-refractivity contribution in [2.24, 2.45) is 0 Å². The Morgan fingerprint density at radius 1 is 1.19 bits per heavy atom. The molecule has 21 heavy (non-hydrogen) atoms. The van der Waals surface area contributed by atoms with Crippen LogP contribution in [0.1, 0.15) is 0 Å². The lowest BCUT2D eigenvalue weighted by atomic mass is 10.3. The van der Waals surface area contributed by atoms with E-state index in [4.69, 9.17) is 19.6 Å². The average Bonchev–Trinajstić information content (AvgIpc) is 3.18. The first kappa shape index (κ1) is 11.6. The molecule has 4 N–H and O–H groups in total. The minimum Gasteiger partial charge on any atom is -0.454 e. The third-order valence-electron chi connectivity index (χ3n) is 2.95. The quantitative estimate of drug-likeness (QED) is 0.661. The predicted octanol–water partition coefficient (Wildman–Crippen LogP) is 1.51. The largest absolute Gasteiger partial charge is 0.454 e. The van der Waals surface area contributed by atoms with E-state index in [0.29, 0.717) is 22.9 Å². The van der Waals surface area contributed by atoms with E-state index in [1.165, 1.54) is 6.20 Å². The molecule has 0 fully saturated rings. The Labute approximate surface area is 118 Å². The van der Waals surface area contributed by atoms with Crippen LogP contribution < -0.4 is 20.5 Å². The van der Waals surface area contributed by atoms with E-state index in [-0.39, 0.29) is 18.7 Å². The number of nitrogens with two attached hydrogens (primary N) is 1. The maximum Gasteiger partial charge on any atom is 0.320 e. The van der Waals surface area contributed by atoms with Gasteiger partial charge in [-0.3, -0.25) is 5.10 Å². The van der Waals surface area contributed by atoms with Crippen LogP contribution in [0, 0.1) is 0 Å². The number of H-pyrrole nitrogens is 1. The van der Waals surface area contributed by atoms with Gasteiger partial charge in [-0.05, 0) is 12.1 Å². The molecule has 0 saturated heterocycles. The zero-order chi connectivity index (χ0) is 14.2. The van der Waals surface area contributed by atoms with Gasteiger partial charge in [-0.2, -0.15) is 5.10 Å². The summed E-state index contributed by atoms with van der Waals surface area (Å²) in [5, 5.41) is 17.2. The van der Waals surface area contributed by atoms with Crippen molar-refractivity contribution in [2.75, 3.05) is 17.8 Å². The van der Waals surface area contributed by atoms with Gasteiger partial charge in [0.05, 0.1) is 6.20 Å². The van der Waals surface area contributed by atoms with Crippen LogP contribution in [-0.2, 0) is 0 Å². The Kier molecular flexibility index (Phi) is 2.43. The highest BCUT2D eigenvalue weighted by atomic mass is 16.7. The molecule has 0 amide bonds. The molecule has 0 spiro atoms. The van der Waals surface area contributed by atoms with E-state index in [1.54, 1.807) is 12.1 Å². The first-order valence-corrected chi connectivity index (χ1v) is 6.09. The number of aromatic nitrogens is 4. The van der Waals surface area contributed by atoms with Crippen LogP contribution in [0.5, 0.6) is 11.5 Å². The van der Waals surface area contributed by atoms with Gasteiger partial charge in [0.15, 0.2) is 11.5 Å². The van der Waals surface area contributed by atoms with Gasteiger partial charge in [0, 0.05) is 11.8 Å². The Morgan fingerprint density at radius 3 is 2.95 bits per heavy atom. The number of anilines is 3. The Hall–Kier alpha value is -3.23. The van der Waals surface area contributed by atoms with Crippen molar-refractivity contribution in [1.29, 1.82) is 0 Å². The lowest BCUT2D eigenvalue weighted by molar-refractivity contribution is 0.174. The predicted molar refractivity (Wildman–Crippen MR) is 72.1 cm³/mol. The van der Waals surface area contributed by atoms with Crippen molar-refractivity contribution in [3.05, 3.63) is 24.4 Å². The lowest BCUT2D eigenvalue weighted by Crippen LogP contribution is -1.93. The van der Waals surface area contributed by atoms with Crippen LogP contribution in [0.3, 0.4) is 0 Å². The summed E-state index contributed by atoms with van der Waals surface area (Å²) < 4.78 is 16.0. The molecule has 0 radical (unpaired) electrons. The molecule has 3 aromatic rings. The molecule has 0 saturated carbocycles. The number of aromatic amines is 1. The summed E-state index contributed by atoms with van der Waals surface area (Å²) >= 11 is 0. The molecule has 2 aromatic heterocycles. The fourth-order valence-corrected chi connectivity index (χ4v) is 1.95. The minimum absolute atomic E-state index is 0.225. The summed E-state index contributed by atoms with van der Waals surface area (Å²) in [7, 11) is 0. The van der Waals surface area contributed by atoms with E-state index < -0.39 is 0 Å². The van der Waals surface area contributed by atoms with Crippen molar-refractivity contribution < 1.29 is 13.9 Å². The Bertz CT molecular complexity index is 796. The minimum atomic E-state index is 0.225. The van der Waals surface area contributed by atoms with Gasteiger partial charge in [-0.25, -0.2) is 0 Å². The van der Waals surface area contributed by atoms with E-state index in [1.807, 2.05) is 6.07 Å². The topological polar surface area (TPSA) is 124 Å². The third kappa shape index (κ3) is 2.00. The van der Waals surface area contributed by atoms with E-state index in [9.17, 15) is 0 Å². The molecule has 9 nitrogen and oxygen atoms in total. The van der Waals surface area contributed by atoms with E-state index >= 15 is 0 Å². The maximum absolute atomic E-state index is 5.70. The summed E-state index contributed by atoms with van der Waals surface area (Å²) in [4.78, 5) is 0. The molecule has 0 unspecified atom stereocenters. The molecule has 0 aliphatic carbocycles. The van der Waals surface area contributed by atoms with Gasteiger partial charge in [0.25, 0.3) is 5.89 Å². The molecule has 9 heteroatoms. The molecule has 1 aromatic carbocycles. The van der Waals surface area contributed by atoms with Gasteiger partial charge >= 0.3 is 6.01 Å². The van der Waals surface area contributed by atoms with Crippen LogP contribution in [0.2, 0.25) is 0 Å². The molecule has 1 aliphatic heterocycles. The molecular weight excluding hydrogens is 276 g/mol. The Morgan fingerprint density at radius 2 is 2.10 bits per heavy atom. The van der Waals surface area contributed by atoms with Gasteiger partial charge in [0.1, 0.15) is 11.4 Å². The number of nitrogens with zero attached hydrogens (tertiary/aromatic N) is 3. The van der Waals surface area contributed by atoms with Gasteiger partial charge in [0.2, 0.25) is 6.79 Å². The molecule has 106 valence electrons. The highest BCUT2D eigenvalue weighted by Gasteiger charge is 2.16. The second-order valence-corrected chi connectivity index (χ2v) is 4.30. The number of nitrogens with one attached hydrogen (secondary N) is 2. The first-order valence-electron chi connectivity index (χ1n) is 6.09. The van der Waals surface area contributed by atoms with Gasteiger partial charge < -0.3 is 24.9 Å². The number of benzene rings is 1. The lowest BCUT2D eigenvalue weighted by Gasteiger charge is -2.02. The molecule has 3 heterocycles. The van der Waals surface area contributed by atoms with Crippen LogP contribution in [-0.4, -0.2) is 27.2 Å². The zero-order valence-corrected chi connectivity index (χ0v) is 10.7. The fourth-order valence-electron chi connectivity index (χ4n) is 1.95. The normalized spacial score (nSPS) is 12.6. The third-order valence-corrected chi connectivity index (χ3v) is 2.95. The van der Waals surface area contributed by atoms with Crippen molar-refractivity contribution in [3.8, 4) is 23.0 Å². The number of hydrogen-bond acceptors (Lipinski definition) is 8. The van der Waals surface area contributed by atoms with Gasteiger partial charge in [-0.1, -0.05) is 5.10 Å². The summed E-state index contributed by atoms with van der Waals surface area (Å²) in [5.41, 5.74) is 7.00. The second kappa shape index (κ2) is 4.40. The van der Waals surface area contributed by atoms with E-state index in [0.717, 1.165) is 5.69 Å². The van der Waals surface area contributed by atoms with Crippen LogP contribution in [0.15, 0.2) is 28.8 Å². The molecule has 4 rings (SSSR count). The first-order chi connectivity index (χ1) is 10.3. The summed E-state index contributed by atoms with van der Waals surface area (Å²) in [5.74, 6) is 2.02. The van der Waals surface area contributed by atoms with Gasteiger partial charge in [-0.15, -0.1) is 5.10 Å². The number of fused-ring (bicyclic) bond motifs is 1. The number of rotatable bonds is 3. The van der Waals surface area contributed by atoms with Crippen molar-refractivity contribution in [2.45, 2.75) is 0 Å². The Balaban J connectivity index is 1.58. The van der Waals surface area contributed by atoms with Crippen LogP contribution in [0.25, 0.3) is 11.5 Å². The summed E-state index contributed by atoms with van der Waals surface area (Å²) in [6.45, 7) is 0.225. The highest BCUT2D eigenvalue weighted by Crippen LogP contribution is 2.35. The number of ether oxygens (including phenoxy) is 2. The zero-order valence-electron chi connectivity index (χ0n) is 10.7. The second-order valence-electron chi connectivity index (χ2n) is 4.30. The summed E-state index contributed by atoms with van der Waals surface area (Å²) in [6, 6.07) is 5.65. The van der Waals surface area contributed by atoms with Crippen LogP contribution >= 0.6 is 0 Å². The summed E-state index contributed by atoms with van der Waals surface area (Å²) in [6.07, 6.45) is 1.52. The maximum atomic E-state index is 5.70. The number of hydrogen-bond donors (Lipinski definition) is 3. The SMILES string of the molecule is Nc1[nH]ncc1-c1nnc(Nc2ccc3c(c2)OCO3)o1. The van der Waals surface area contributed by atoms with Crippen molar-refractivity contribution >= 4 is 17.5 Å². The van der Waals surface area contributed by atoms with Crippen LogP contribution in [0.4, 0.5) is 17.5 Å². The highest BCUT2D eigenvalue weighted by molar-refractivity contribution is 5.66. The van der Waals surface area contributed by atoms with Crippen molar-refractivity contribution in [3.63, 3.8) is 0 Å².